The van der Waals surface area contributed by atoms with E-state index in [-0.39, 0.29) is 31.6 Å². The van der Waals surface area contributed by atoms with Crippen molar-refractivity contribution in [1.29, 1.82) is 0 Å². The molecule has 1 aliphatic heterocycles. The van der Waals surface area contributed by atoms with Gasteiger partial charge in [-0.1, -0.05) is 12.1 Å². The highest BCUT2D eigenvalue weighted by Gasteiger charge is 2.29. The lowest BCUT2D eigenvalue weighted by atomic mass is 10.1. The van der Waals surface area contributed by atoms with Crippen molar-refractivity contribution in [2.45, 2.75) is 24.9 Å². The van der Waals surface area contributed by atoms with Crippen LogP contribution in [0.4, 0.5) is 0 Å². The minimum atomic E-state index is -1.20. The van der Waals surface area contributed by atoms with Crippen LogP contribution in [0.1, 0.15) is 36.3 Å². The maximum atomic E-state index is 12.2. The lowest BCUT2D eigenvalue weighted by Gasteiger charge is -2.15. The molecule has 2 unspecified atom stereocenters. The van der Waals surface area contributed by atoms with Gasteiger partial charge in [0.25, 0.3) is 0 Å². The van der Waals surface area contributed by atoms with Gasteiger partial charge in [0.2, 0.25) is 0 Å². The van der Waals surface area contributed by atoms with Crippen molar-refractivity contribution in [2.75, 3.05) is 13.1 Å². The zero-order chi connectivity index (χ0) is 22.4. The van der Waals surface area contributed by atoms with Gasteiger partial charge in [-0.15, -0.1) is 0 Å². The van der Waals surface area contributed by atoms with E-state index in [4.69, 9.17) is 9.84 Å². The maximum absolute atomic E-state index is 12.2. The van der Waals surface area contributed by atoms with E-state index in [0.717, 1.165) is 0 Å². The molecule has 1 fully saturated rings. The number of cyclic esters (lactones) is 2. The van der Waals surface area contributed by atoms with E-state index in [1.54, 1.807) is 30.3 Å². The maximum Gasteiger partial charge on any atom is 0.337 e. The van der Waals surface area contributed by atoms with Crippen molar-refractivity contribution in [3.05, 3.63) is 47.8 Å². The van der Waals surface area contributed by atoms with Crippen molar-refractivity contribution < 1.29 is 34.1 Å². The van der Waals surface area contributed by atoms with Crippen LogP contribution >= 0.6 is 0 Å². The molecule has 11 heteroatoms. The van der Waals surface area contributed by atoms with Crippen LogP contribution in [-0.2, 0) is 23.9 Å². The molecule has 4 N–H and O–H groups in total. The van der Waals surface area contributed by atoms with Gasteiger partial charge >= 0.3 is 23.9 Å². The number of carbonyl (C=O) groups is 4. The van der Waals surface area contributed by atoms with Gasteiger partial charge in [-0.05, 0) is 24.3 Å². The molecule has 1 aliphatic rings. The molecular formula is C20H20N4O7. The van der Waals surface area contributed by atoms with E-state index in [2.05, 4.69) is 20.6 Å². The summed E-state index contributed by atoms with van der Waals surface area (Å²) in [6.45, 7) is 0.220. The van der Waals surface area contributed by atoms with Gasteiger partial charge in [0.1, 0.15) is 12.1 Å². The summed E-state index contributed by atoms with van der Waals surface area (Å²) in [4.78, 5) is 54.7. The lowest BCUT2D eigenvalue weighted by molar-refractivity contribution is -0.159. The second-order valence-electron chi connectivity index (χ2n) is 6.69. The summed E-state index contributed by atoms with van der Waals surface area (Å²) in [6, 6.07) is 7.55. The van der Waals surface area contributed by atoms with Gasteiger partial charge in [-0.3, -0.25) is 25.0 Å². The number of esters is 2. The first-order valence-corrected chi connectivity index (χ1v) is 9.45. The summed E-state index contributed by atoms with van der Waals surface area (Å²) >= 11 is 0. The lowest BCUT2D eigenvalue weighted by Crippen LogP contribution is -2.31. The topological polar surface area (TPSA) is 168 Å². The molecule has 2 atom stereocenters. The molecule has 162 valence electrons. The number of ether oxygens (including phenoxy) is 1. The van der Waals surface area contributed by atoms with E-state index in [1.165, 1.54) is 6.07 Å². The Morgan fingerprint density at radius 2 is 1.84 bits per heavy atom. The normalized spacial score (nSPS) is 17.5. The van der Waals surface area contributed by atoms with Crippen molar-refractivity contribution in [3.63, 3.8) is 0 Å². The number of nitrogens with one attached hydrogen (secondary N) is 2. The molecule has 11 nitrogen and oxygen atoms in total. The molecule has 3 rings (SSSR count). The Kier molecular flexibility index (Phi) is 7.00. The van der Waals surface area contributed by atoms with E-state index in [1.807, 2.05) is 0 Å². The SMILES string of the molecule is O=C(O)CCNC(C(=O)O)c1cccc(-c2cccc(C3NCCC(=O)OC3=O)n2)n1. The Morgan fingerprint density at radius 3 is 2.55 bits per heavy atom. The fourth-order valence-corrected chi connectivity index (χ4v) is 3.00. The van der Waals surface area contributed by atoms with E-state index in [0.29, 0.717) is 17.1 Å². The van der Waals surface area contributed by atoms with Gasteiger partial charge in [-0.2, -0.15) is 0 Å². The van der Waals surface area contributed by atoms with E-state index in [9.17, 15) is 24.3 Å². The third-order valence-corrected chi connectivity index (χ3v) is 4.46. The standard InChI is InChI=1S/C20H20N4O7/c25-15(26)7-9-21-17(19(28)29)13-5-1-3-11(23-13)12-4-2-6-14(24-12)18-20(30)31-16(27)8-10-22-18/h1-6,17-18,21-22H,7-10H2,(H,25,26)(H,28,29). The molecule has 0 spiro atoms. The minimum absolute atomic E-state index is 0.0415. The first kappa shape index (κ1) is 22.0. The number of carbonyl (C=O) groups excluding carboxylic acids is 2. The number of rotatable bonds is 8. The molecule has 1 saturated heterocycles. The fraction of sp³-hybridized carbons (Fsp3) is 0.300. The average molecular weight is 428 g/mol. The van der Waals surface area contributed by atoms with Crippen LogP contribution in [0.2, 0.25) is 0 Å². The highest BCUT2D eigenvalue weighted by molar-refractivity contribution is 5.90. The van der Waals surface area contributed by atoms with Crippen LogP contribution in [-0.4, -0.2) is 57.1 Å². The molecule has 0 bridgehead atoms. The number of pyridine rings is 2. The molecule has 0 radical (unpaired) electrons. The Bertz CT molecular complexity index is 1010. The van der Waals surface area contributed by atoms with Crippen molar-refractivity contribution in [3.8, 4) is 11.4 Å². The van der Waals surface area contributed by atoms with Crippen molar-refractivity contribution in [1.82, 2.24) is 20.6 Å². The number of nitrogens with zero attached hydrogens (tertiary/aromatic N) is 2. The number of aliphatic carboxylic acids is 2. The van der Waals surface area contributed by atoms with Crippen molar-refractivity contribution in [2.24, 2.45) is 0 Å². The molecule has 31 heavy (non-hydrogen) atoms. The number of carboxylic acids is 2. The Morgan fingerprint density at radius 1 is 1.13 bits per heavy atom. The zero-order valence-electron chi connectivity index (χ0n) is 16.3. The summed E-state index contributed by atoms with van der Waals surface area (Å²) in [5.74, 6) is -3.61. The van der Waals surface area contributed by atoms with Crippen LogP contribution in [0.5, 0.6) is 0 Å². The molecule has 0 aliphatic carbocycles. The average Bonchev–Trinajstić information content (AvgIpc) is 2.90. The van der Waals surface area contributed by atoms with E-state index >= 15 is 0 Å². The first-order valence-electron chi connectivity index (χ1n) is 9.45. The van der Waals surface area contributed by atoms with E-state index < -0.39 is 36.0 Å². The number of hydrogen-bond acceptors (Lipinski definition) is 9. The first-order chi connectivity index (χ1) is 14.8. The number of aromatic nitrogens is 2. The van der Waals surface area contributed by atoms with Gasteiger partial charge in [0.05, 0.1) is 35.6 Å². The van der Waals surface area contributed by atoms with Crippen molar-refractivity contribution >= 4 is 23.9 Å². The second kappa shape index (κ2) is 9.87. The highest BCUT2D eigenvalue weighted by Crippen LogP contribution is 2.22. The monoisotopic (exact) mass is 428 g/mol. The van der Waals surface area contributed by atoms with Gasteiger partial charge in [-0.25, -0.2) is 14.8 Å². The third-order valence-electron chi connectivity index (χ3n) is 4.46. The predicted molar refractivity (Wildman–Crippen MR) is 105 cm³/mol. The summed E-state index contributed by atoms with van der Waals surface area (Å²) < 4.78 is 4.74. The zero-order valence-corrected chi connectivity index (χ0v) is 16.3. The Hall–Kier alpha value is -3.70. The van der Waals surface area contributed by atoms with Crippen LogP contribution in [0.15, 0.2) is 36.4 Å². The fourth-order valence-electron chi connectivity index (χ4n) is 3.00. The molecule has 0 amide bonds. The summed E-state index contributed by atoms with van der Waals surface area (Å²) in [5, 5.41) is 23.8. The number of hydrogen-bond donors (Lipinski definition) is 4. The second-order valence-corrected chi connectivity index (χ2v) is 6.69. The van der Waals surface area contributed by atoms with Crippen LogP contribution < -0.4 is 10.6 Å². The molecule has 2 aromatic heterocycles. The quantitative estimate of drug-likeness (QED) is 0.340. The molecule has 0 saturated carbocycles. The summed E-state index contributed by atoms with van der Waals surface area (Å²) in [5.41, 5.74) is 1.27. The predicted octanol–water partition coefficient (Wildman–Crippen LogP) is 0.438. The number of carboxylic acid groups (broad SMARTS) is 2. The molecule has 0 aromatic carbocycles. The smallest absolute Gasteiger partial charge is 0.337 e. The largest absolute Gasteiger partial charge is 0.481 e. The molecular weight excluding hydrogens is 408 g/mol. The van der Waals surface area contributed by atoms with Crippen LogP contribution in [0.25, 0.3) is 11.4 Å². The van der Waals surface area contributed by atoms with Crippen LogP contribution in [0.3, 0.4) is 0 Å². The molecule has 3 heterocycles. The third kappa shape index (κ3) is 5.68. The summed E-state index contributed by atoms with van der Waals surface area (Å²) in [7, 11) is 0. The molecule has 2 aromatic rings. The summed E-state index contributed by atoms with van der Waals surface area (Å²) in [6.07, 6.45) is -0.170. The van der Waals surface area contributed by atoms with Crippen LogP contribution in [0, 0.1) is 0 Å². The highest BCUT2D eigenvalue weighted by atomic mass is 16.6. The van der Waals surface area contributed by atoms with Gasteiger partial charge in [0, 0.05) is 13.1 Å². The minimum Gasteiger partial charge on any atom is -0.481 e. The van der Waals surface area contributed by atoms with Gasteiger partial charge in [0.15, 0.2) is 0 Å². The van der Waals surface area contributed by atoms with Gasteiger partial charge < -0.3 is 14.9 Å². The Labute approximate surface area is 176 Å². The Balaban J connectivity index is 1.85.